The van der Waals surface area contributed by atoms with Crippen LogP contribution in [0, 0.1) is 17.2 Å². The van der Waals surface area contributed by atoms with E-state index in [0.717, 1.165) is 32.1 Å². The first-order chi connectivity index (χ1) is 8.79. The molecule has 2 aliphatic carbocycles. The molecule has 2 unspecified atom stereocenters. The van der Waals surface area contributed by atoms with E-state index in [1.807, 2.05) is 6.92 Å². The molecule has 1 aromatic heterocycles. The highest BCUT2D eigenvalue weighted by molar-refractivity contribution is 5.17. The largest absolute Gasteiger partial charge is 0.367 e. The van der Waals surface area contributed by atoms with Crippen LogP contribution < -0.4 is 0 Å². The Kier molecular flexibility index (Phi) is 2.83. The van der Waals surface area contributed by atoms with Gasteiger partial charge in [0.15, 0.2) is 0 Å². The van der Waals surface area contributed by atoms with Crippen LogP contribution in [0.1, 0.15) is 56.7 Å². The minimum absolute atomic E-state index is 0.0601. The number of nitrogens with zero attached hydrogens (tertiary/aromatic N) is 3. The summed E-state index contributed by atoms with van der Waals surface area (Å²) in [7, 11) is 0. The zero-order valence-corrected chi connectivity index (χ0v) is 10.6. The number of ether oxygens (including phenoxy) is 1. The topological polar surface area (TPSA) is 71.9 Å². The predicted octanol–water partition coefficient (Wildman–Crippen LogP) is 2.50. The van der Waals surface area contributed by atoms with E-state index in [0.29, 0.717) is 18.3 Å². The van der Waals surface area contributed by atoms with Gasteiger partial charge in [-0.05, 0) is 39.0 Å². The van der Waals surface area contributed by atoms with Gasteiger partial charge in [-0.1, -0.05) is 5.16 Å². The van der Waals surface area contributed by atoms with E-state index in [2.05, 4.69) is 16.2 Å². The Hall–Kier alpha value is -1.41. The molecule has 0 spiro atoms. The monoisotopic (exact) mass is 247 g/mol. The second-order valence-electron chi connectivity index (χ2n) is 5.17. The second kappa shape index (κ2) is 4.36. The van der Waals surface area contributed by atoms with Gasteiger partial charge in [0, 0.05) is 6.61 Å². The average molecular weight is 247 g/mol. The Bertz CT molecular complexity index is 471. The summed E-state index contributed by atoms with van der Waals surface area (Å²) in [5.41, 5.74) is -0.340. The van der Waals surface area contributed by atoms with E-state index in [1.165, 1.54) is 0 Å². The third-order valence-corrected chi connectivity index (χ3v) is 3.95. The molecule has 5 heteroatoms. The SMILES string of the molecule is CCOC1(c2noc(C3CC3C#N)n2)CCCC1. The van der Waals surface area contributed by atoms with Crippen LogP contribution in [-0.2, 0) is 10.3 Å². The third-order valence-electron chi connectivity index (χ3n) is 3.95. The van der Waals surface area contributed by atoms with Crippen molar-refractivity contribution in [3.8, 4) is 6.07 Å². The number of hydrogen-bond donors (Lipinski definition) is 0. The quantitative estimate of drug-likeness (QED) is 0.817. The molecule has 1 heterocycles. The van der Waals surface area contributed by atoms with Gasteiger partial charge in [0.25, 0.3) is 0 Å². The minimum atomic E-state index is -0.340. The summed E-state index contributed by atoms with van der Waals surface area (Å²) in [5.74, 6) is 1.50. The van der Waals surface area contributed by atoms with Crippen LogP contribution in [-0.4, -0.2) is 16.7 Å². The van der Waals surface area contributed by atoms with E-state index < -0.39 is 0 Å². The Balaban J connectivity index is 1.81. The van der Waals surface area contributed by atoms with Crippen LogP contribution in [0.4, 0.5) is 0 Å². The lowest BCUT2D eigenvalue weighted by Gasteiger charge is -2.24. The molecule has 2 atom stereocenters. The highest BCUT2D eigenvalue weighted by atomic mass is 16.5. The van der Waals surface area contributed by atoms with Gasteiger partial charge in [0.2, 0.25) is 11.7 Å². The molecule has 2 fully saturated rings. The molecule has 0 N–H and O–H groups in total. The van der Waals surface area contributed by atoms with Crippen LogP contribution in [0.2, 0.25) is 0 Å². The van der Waals surface area contributed by atoms with Gasteiger partial charge >= 0.3 is 0 Å². The number of aromatic nitrogens is 2. The Morgan fingerprint density at radius 2 is 2.28 bits per heavy atom. The molecule has 0 saturated heterocycles. The van der Waals surface area contributed by atoms with Gasteiger partial charge in [-0.2, -0.15) is 10.2 Å². The van der Waals surface area contributed by atoms with E-state index in [4.69, 9.17) is 14.5 Å². The molecule has 0 amide bonds. The summed E-state index contributed by atoms with van der Waals surface area (Å²) in [4.78, 5) is 4.49. The van der Waals surface area contributed by atoms with E-state index >= 15 is 0 Å². The first kappa shape index (κ1) is 11.7. The van der Waals surface area contributed by atoms with Crippen molar-refractivity contribution in [3.63, 3.8) is 0 Å². The fraction of sp³-hybridized carbons (Fsp3) is 0.769. The van der Waals surface area contributed by atoms with Crippen molar-refractivity contribution in [2.45, 2.75) is 50.5 Å². The Morgan fingerprint density at radius 1 is 1.50 bits per heavy atom. The van der Waals surface area contributed by atoms with Crippen molar-refractivity contribution in [2.75, 3.05) is 6.61 Å². The lowest BCUT2D eigenvalue weighted by Crippen LogP contribution is -2.27. The maximum Gasteiger partial charge on any atom is 0.231 e. The summed E-state index contributed by atoms with van der Waals surface area (Å²) in [6.45, 7) is 2.65. The fourth-order valence-corrected chi connectivity index (χ4v) is 2.84. The Morgan fingerprint density at radius 3 is 2.89 bits per heavy atom. The van der Waals surface area contributed by atoms with Crippen LogP contribution in [0.5, 0.6) is 0 Å². The van der Waals surface area contributed by atoms with Crippen molar-refractivity contribution in [1.29, 1.82) is 5.26 Å². The summed E-state index contributed by atoms with van der Waals surface area (Å²) in [6, 6.07) is 2.24. The van der Waals surface area contributed by atoms with Crippen molar-refractivity contribution in [1.82, 2.24) is 10.1 Å². The van der Waals surface area contributed by atoms with Gasteiger partial charge in [-0.3, -0.25) is 0 Å². The van der Waals surface area contributed by atoms with Gasteiger partial charge in [-0.25, -0.2) is 0 Å². The molecule has 1 aromatic rings. The normalized spacial score (nSPS) is 29.1. The number of rotatable bonds is 4. The number of nitriles is 1. The van der Waals surface area contributed by atoms with E-state index in [9.17, 15) is 0 Å². The third kappa shape index (κ3) is 1.81. The molecule has 0 bridgehead atoms. The highest BCUT2D eigenvalue weighted by Gasteiger charge is 2.46. The van der Waals surface area contributed by atoms with Crippen molar-refractivity contribution < 1.29 is 9.26 Å². The first-order valence-electron chi connectivity index (χ1n) is 6.67. The fourth-order valence-electron chi connectivity index (χ4n) is 2.84. The molecule has 0 radical (unpaired) electrons. The summed E-state index contributed by atoms with van der Waals surface area (Å²) >= 11 is 0. The smallest absolute Gasteiger partial charge is 0.231 e. The maximum absolute atomic E-state index is 8.83. The zero-order valence-electron chi connectivity index (χ0n) is 10.6. The maximum atomic E-state index is 8.83. The first-order valence-corrected chi connectivity index (χ1v) is 6.67. The Labute approximate surface area is 106 Å². The molecule has 5 nitrogen and oxygen atoms in total. The summed E-state index contributed by atoms with van der Waals surface area (Å²) < 4.78 is 11.2. The van der Waals surface area contributed by atoms with Crippen LogP contribution in [0.25, 0.3) is 0 Å². The van der Waals surface area contributed by atoms with Gasteiger partial charge in [0.1, 0.15) is 5.60 Å². The lowest BCUT2D eigenvalue weighted by atomic mass is 10.0. The lowest BCUT2D eigenvalue weighted by molar-refractivity contribution is -0.0469. The molecular formula is C13H17N3O2. The molecule has 18 heavy (non-hydrogen) atoms. The van der Waals surface area contributed by atoms with E-state index in [-0.39, 0.29) is 17.4 Å². The van der Waals surface area contributed by atoms with Crippen LogP contribution in [0.3, 0.4) is 0 Å². The highest BCUT2D eigenvalue weighted by Crippen LogP contribution is 2.47. The van der Waals surface area contributed by atoms with Crippen molar-refractivity contribution in [2.24, 2.45) is 5.92 Å². The minimum Gasteiger partial charge on any atom is -0.367 e. The predicted molar refractivity (Wildman–Crippen MR) is 62.5 cm³/mol. The molecule has 3 rings (SSSR count). The second-order valence-corrected chi connectivity index (χ2v) is 5.17. The zero-order chi connectivity index (χ0) is 12.6. The summed E-state index contributed by atoms with van der Waals surface area (Å²) in [5, 5.41) is 12.9. The average Bonchev–Trinajstić information content (AvgIpc) is 2.80. The van der Waals surface area contributed by atoms with Crippen LogP contribution >= 0.6 is 0 Å². The molecule has 0 aromatic carbocycles. The number of hydrogen-bond acceptors (Lipinski definition) is 5. The van der Waals surface area contributed by atoms with Crippen molar-refractivity contribution in [3.05, 3.63) is 11.7 Å². The van der Waals surface area contributed by atoms with E-state index in [1.54, 1.807) is 0 Å². The molecule has 2 saturated carbocycles. The molecule has 2 aliphatic rings. The van der Waals surface area contributed by atoms with Gasteiger partial charge in [-0.15, -0.1) is 0 Å². The van der Waals surface area contributed by atoms with Gasteiger partial charge in [0.05, 0.1) is 17.9 Å². The molecular weight excluding hydrogens is 230 g/mol. The molecule has 96 valence electrons. The molecule has 0 aliphatic heterocycles. The van der Waals surface area contributed by atoms with Gasteiger partial charge < -0.3 is 9.26 Å². The summed E-state index contributed by atoms with van der Waals surface area (Å²) in [6.07, 6.45) is 5.07. The van der Waals surface area contributed by atoms with Crippen LogP contribution in [0.15, 0.2) is 4.52 Å². The standard InChI is InChI=1S/C13H17N3O2/c1-2-17-13(5-3-4-6-13)12-15-11(18-16-12)10-7-9(10)8-14/h9-10H,2-7H2,1H3. The van der Waals surface area contributed by atoms with Crippen molar-refractivity contribution >= 4 is 0 Å².